The summed E-state index contributed by atoms with van der Waals surface area (Å²) in [6.07, 6.45) is 17.8. The van der Waals surface area contributed by atoms with E-state index in [-0.39, 0.29) is 0 Å². The third-order valence-corrected chi connectivity index (χ3v) is 9.11. The van der Waals surface area contributed by atoms with Crippen molar-refractivity contribution in [2.24, 2.45) is 4.99 Å². The molecule has 1 N–H and O–H groups in total. The second-order valence-corrected chi connectivity index (χ2v) is 12.6. The summed E-state index contributed by atoms with van der Waals surface area (Å²) in [7, 11) is 0. The van der Waals surface area contributed by atoms with Crippen LogP contribution in [0.15, 0.2) is 53.2 Å². The smallest absolute Gasteiger partial charge is 0.328 e. The van der Waals surface area contributed by atoms with Crippen LogP contribution in [0.25, 0.3) is 34.3 Å². The monoisotopic (exact) mass is 614 g/mol. The van der Waals surface area contributed by atoms with Crippen molar-refractivity contribution in [3.05, 3.63) is 65.1 Å². The molecule has 0 unspecified atom stereocenters. The summed E-state index contributed by atoms with van der Waals surface area (Å²) in [5, 5.41) is 11.3. The Balaban J connectivity index is 0.000000479. The fourth-order valence-corrected chi connectivity index (χ4v) is 6.44. The maximum Gasteiger partial charge on any atom is 0.328 e. The van der Waals surface area contributed by atoms with E-state index in [1.807, 2.05) is 37.1 Å². The molecule has 1 aromatic carbocycles. The van der Waals surface area contributed by atoms with Gasteiger partial charge in [0.1, 0.15) is 0 Å². The highest BCUT2D eigenvalue weighted by Crippen LogP contribution is 2.41. The maximum atomic E-state index is 11.2. The fraction of sp³-hybridized carbons (Fsp3) is 0.444. The summed E-state index contributed by atoms with van der Waals surface area (Å²) in [6.45, 7) is 8.85. The van der Waals surface area contributed by atoms with Crippen molar-refractivity contribution < 1.29 is 14.7 Å². The molecule has 1 aliphatic carbocycles. The van der Waals surface area contributed by atoms with E-state index in [9.17, 15) is 14.7 Å². The molecule has 5 rings (SSSR count). The molecular formula is C36H46N4O3S. The first kappa shape index (κ1) is 33.2. The molecule has 0 spiro atoms. The first-order chi connectivity index (χ1) is 21.3. The third-order valence-electron chi connectivity index (χ3n) is 8.43. The minimum Gasteiger partial charge on any atom is -0.478 e. The summed E-state index contributed by atoms with van der Waals surface area (Å²) in [6, 6.07) is 12.9. The van der Waals surface area contributed by atoms with Crippen LogP contribution in [0.3, 0.4) is 0 Å². The molecular weight excluding hydrogens is 568 g/mol. The first-order valence-electron chi connectivity index (χ1n) is 15.9. The Hall–Kier alpha value is -3.65. The van der Waals surface area contributed by atoms with Gasteiger partial charge in [-0.1, -0.05) is 31.4 Å². The van der Waals surface area contributed by atoms with Crippen molar-refractivity contribution in [3.63, 3.8) is 0 Å². The Morgan fingerprint density at radius 3 is 2.41 bits per heavy atom. The number of allylic oxidation sites excluding steroid dienone is 1. The highest BCUT2D eigenvalue weighted by atomic mass is 32.2. The number of piperidine rings is 1. The van der Waals surface area contributed by atoms with Crippen LogP contribution in [-0.2, 0) is 16.1 Å². The highest BCUT2D eigenvalue weighted by molar-refractivity contribution is 8.13. The number of thioether (sulfide) groups is 1. The minimum absolute atomic E-state index is 0.508. The molecule has 2 aromatic heterocycles. The van der Waals surface area contributed by atoms with Gasteiger partial charge in [-0.15, -0.1) is 11.8 Å². The first-order valence-corrected chi connectivity index (χ1v) is 17.1. The minimum atomic E-state index is -0.925. The van der Waals surface area contributed by atoms with Crippen LogP contribution in [0.2, 0.25) is 0 Å². The number of aliphatic carboxylic acids is 1. The SMILES string of the molecule is CCn1c(/C=C/C(=O)O)cc(C2CCCCC2)c1-c1ccc2nc(/C=C(\C)N=C(C)SC)ccc2c1.O=CN1CCCCC1. The zero-order valence-electron chi connectivity index (χ0n) is 26.6. The van der Waals surface area contributed by atoms with Crippen LogP contribution in [0.1, 0.15) is 95.0 Å². The summed E-state index contributed by atoms with van der Waals surface area (Å²) in [5.41, 5.74) is 7.43. The van der Waals surface area contributed by atoms with Gasteiger partial charge in [0.05, 0.1) is 21.9 Å². The number of likely N-dealkylation sites (tertiary alicyclic amines) is 1. The zero-order chi connectivity index (χ0) is 31.5. The van der Waals surface area contributed by atoms with Crippen LogP contribution in [0.4, 0.5) is 0 Å². The molecule has 234 valence electrons. The lowest BCUT2D eigenvalue weighted by atomic mass is 9.83. The maximum absolute atomic E-state index is 11.2. The second kappa shape index (κ2) is 16.4. The number of carbonyl (C=O) groups is 2. The average molecular weight is 615 g/mol. The van der Waals surface area contributed by atoms with Gasteiger partial charge < -0.3 is 14.6 Å². The van der Waals surface area contributed by atoms with Gasteiger partial charge in [-0.05, 0) is 113 Å². The lowest BCUT2D eigenvalue weighted by Gasteiger charge is -2.23. The molecule has 0 atom stereocenters. The van der Waals surface area contributed by atoms with E-state index in [4.69, 9.17) is 4.98 Å². The molecule has 3 heterocycles. The van der Waals surface area contributed by atoms with Gasteiger partial charge in [-0.3, -0.25) is 9.79 Å². The Labute approximate surface area is 266 Å². The number of aliphatic imine (C=N–C) groups is 1. The van der Waals surface area contributed by atoms with Crippen LogP contribution in [-0.4, -0.2) is 56.3 Å². The standard InChI is InChI=1S/C30H35N3O2S.C6H11NO/c1-5-33-26(14-16-29(34)35)19-27(22-9-7-6-8-10-22)30(33)24-12-15-28-23(18-24)11-13-25(32-28)17-20(2)31-21(3)36-4;8-6-7-4-2-1-3-5-7/h11-19,22H,5-10H2,1-4H3,(H,34,35);6H,1-5H2/b16-14+,20-17+,31-21?;. The Morgan fingerprint density at radius 2 is 1.77 bits per heavy atom. The van der Waals surface area contributed by atoms with Crippen molar-refractivity contribution in [2.75, 3.05) is 19.3 Å². The lowest BCUT2D eigenvalue weighted by molar-refractivity contribution is -0.131. The largest absolute Gasteiger partial charge is 0.478 e. The fourth-order valence-electron chi connectivity index (χ4n) is 6.21. The molecule has 8 heteroatoms. The normalized spacial score (nSPS) is 16.7. The summed E-state index contributed by atoms with van der Waals surface area (Å²) >= 11 is 1.64. The summed E-state index contributed by atoms with van der Waals surface area (Å²) in [4.78, 5) is 32.6. The summed E-state index contributed by atoms with van der Waals surface area (Å²) < 4.78 is 2.25. The Bertz CT molecular complexity index is 1530. The van der Waals surface area contributed by atoms with Crippen LogP contribution >= 0.6 is 11.8 Å². The quantitative estimate of drug-likeness (QED) is 0.119. The number of carboxylic acids is 1. The van der Waals surface area contributed by atoms with E-state index in [0.717, 1.165) is 64.6 Å². The van der Waals surface area contributed by atoms with Gasteiger partial charge in [0.25, 0.3) is 0 Å². The number of nitrogens with zero attached hydrogens (tertiary/aromatic N) is 4. The van der Waals surface area contributed by atoms with Crippen molar-refractivity contribution in [1.82, 2.24) is 14.5 Å². The van der Waals surface area contributed by atoms with Gasteiger partial charge in [0, 0.05) is 42.5 Å². The highest BCUT2D eigenvalue weighted by Gasteiger charge is 2.24. The Morgan fingerprint density at radius 1 is 1.05 bits per heavy atom. The number of rotatable bonds is 8. The molecule has 3 aromatic rings. The topological polar surface area (TPSA) is 87.8 Å². The number of hydrogen-bond donors (Lipinski definition) is 1. The molecule has 1 saturated carbocycles. The molecule has 0 bridgehead atoms. The van der Waals surface area contributed by atoms with Crippen molar-refractivity contribution >= 4 is 52.2 Å². The van der Waals surface area contributed by atoms with Crippen molar-refractivity contribution in [3.8, 4) is 11.3 Å². The van der Waals surface area contributed by atoms with Crippen LogP contribution < -0.4 is 0 Å². The van der Waals surface area contributed by atoms with Crippen molar-refractivity contribution in [1.29, 1.82) is 0 Å². The van der Waals surface area contributed by atoms with E-state index in [1.165, 1.54) is 68.7 Å². The van der Waals surface area contributed by atoms with E-state index < -0.39 is 5.97 Å². The van der Waals surface area contributed by atoms with Gasteiger partial charge in [-0.25, -0.2) is 9.78 Å². The molecule has 7 nitrogen and oxygen atoms in total. The zero-order valence-corrected chi connectivity index (χ0v) is 27.4. The molecule has 44 heavy (non-hydrogen) atoms. The van der Waals surface area contributed by atoms with E-state index in [1.54, 1.807) is 17.8 Å². The molecule has 1 saturated heterocycles. The summed E-state index contributed by atoms with van der Waals surface area (Å²) in [5.74, 6) is -0.418. The number of fused-ring (bicyclic) bond motifs is 1. The second-order valence-electron chi connectivity index (χ2n) is 11.6. The number of amides is 1. The number of benzene rings is 1. The van der Waals surface area contributed by atoms with Gasteiger partial charge in [-0.2, -0.15) is 0 Å². The molecule has 1 amide bonds. The van der Waals surface area contributed by atoms with Crippen LogP contribution in [0.5, 0.6) is 0 Å². The predicted molar refractivity (Wildman–Crippen MR) is 185 cm³/mol. The Kier molecular flexibility index (Phi) is 12.4. The molecule has 0 radical (unpaired) electrons. The average Bonchev–Trinajstić information content (AvgIpc) is 3.43. The number of carbonyl (C=O) groups excluding carboxylic acids is 1. The van der Waals surface area contributed by atoms with Gasteiger partial charge in [0.15, 0.2) is 0 Å². The number of pyridine rings is 1. The van der Waals surface area contributed by atoms with E-state index in [0.29, 0.717) is 5.92 Å². The van der Waals surface area contributed by atoms with E-state index in [2.05, 4.69) is 46.8 Å². The lowest BCUT2D eigenvalue weighted by Crippen LogP contribution is -2.27. The predicted octanol–water partition coefficient (Wildman–Crippen LogP) is 8.64. The number of hydrogen-bond acceptors (Lipinski definition) is 5. The molecule has 1 aliphatic heterocycles. The molecule has 2 fully saturated rings. The number of carboxylic acid groups (broad SMARTS) is 1. The third kappa shape index (κ3) is 8.94. The van der Waals surface area contributed by atoms with Crippen LogP contribution in [0, 0.1) is 0 Å². The van der Waals surface area contributed by atoms with Gasteiger partial charge >= 0.3 is 5.97 Å². The number of aromatic nitrogens is 2. The molecule has 2 aliphatic rings. The van der Waals surface area contributed by atoms with Gasteiger partial charge in [0.2, 0.25) is 6.41 Å². The van der Waals surface area contributed by atoms with E-state index >= 15 is 0 Å². The van der Waals surface area contributed by atoms with Crippen molar-refractivity contribution in [2.45, 2.75) is 84.6 Å².